The summed E-state index contributed by atoms with van der Waals surface area (Å²) in [6.07, 6.45) is 5.71. The second-order valence-electron chi connectivity index (χ2n) is 5.69. The number of hydrogen-bond acceptors (Lipinski definition) is 4. The van der Waals surface area contributed by atoms with Crippen molar-refractivity contribution in [2.75, 3.05) is 19.6 Å². The average Bonchev–Trinajstić information content (AvgIpc) is 3.08. The van der Waals surface area contributed by atoms with Gasteiger partial charge in [-0.3, -0.25) is 4.79 Å². The van der Waals surface area contributed by atoms with Crippen LogP contribution >= 0.6 is 40.7 Å². The van der Waals surface area contributed by atoms with Crippen LogP contribution in [0.15, 0.2) is 51.0 Å². The summed E-state index contributed by atoms with van der Waals surface area (Å²) >= 11 is 3.50. The minimum Gasteiger partial charge on any atom is -0.441 e. The maximum absolute atomic E-state index is 12.0. The number of carbonyl (C=O) groups excluding carboxylic acids is 1. The van der Waals surface area contributed by atoms with Crippen molar-refractivity contribution < 1.29 is 9.21 Å². The summed E-state index contributed by atoms with van der Waals surface area (Å²) in [5.41, 5.74) is 2.24. The molecule has 1 amide bonds. The van der Waals surface area contributed by atoms with Crippen LogP contribution < -0.4 is 10.6 Å². The monoisotopic (exact) mass is 461 g/mol. The molecule has 3 rings (SSSR count). The zero-order chi connectivity index (χ0) is 16.8. The number of aryl methyl sites for hydroxylation is 1. The first-order valence-electron chi connectivity index (χ1n) is 8.07. The highest BCUT2D eigenvalue weighted by molar-refractivity contribution is 9.10. The van der Waals surface area contributed by atoms with Gasteiger partial charge in [-0.25, -0.2) is 4.98 Å². The average molecular weight is 463 g/mol. The molecule has 0 fully saturated rings. The molecular weight excluding hydrogens is 441 g/mol. The fourth-order valence-electron chi connectivity index (χ4n) is 2.56. The lowest BCUT2D eigenvalue weighted by atomic mass is 10.1. The molecule has 1 aromatic heterocycles. The van der Waals surface area contributed by atoms with E-state index in [1.165, 1.54) is 5.57 Å². The molecule has 1 aromatic carbocycles. The summed E-state index contributed by atoms with van der Waals surface area (Å²) in [5.74, 6) is 1.31. The summed E-state index contributed by atoms with van der Waals surface area (Å²) < 4.78 is 6.71. The maximum Gasteiger partial charge on any atom is 0.220 e. The highest BCUT2D eigenvalue weighted by atomic mass is 79.9. The third-order valence-electron chi connectivity index (χ3n) is 3.93. The highest BCUT2D eigenvalue weighted by Crippen LogP contribution is 2.28. The fourth-order valence-corrected chi connectivity index (χ4v) is 3.04. The molecule has 26 heavy (non-hydrogen) atoms. The van der Waals surface area contributed by atoms with Crippen molar-refractivity contribution in [1.82, 2.24) is 15.6 Å². The number of halogens is 3. The van der Waals surface area contributed by atoms with Crippen molar-refractivity contribution in [1.29, 1.82) is 0 Å². The van der Waals surface area contributed by atoms with Crippen LogP contribution in [0.4, 0.5) is 0 Å². The number of rotatable bonds is 6. The molecule has 0 unspecified atom stereocenters. The minimum atomic E-state index is 0. The van der Waals surface area contributed by atoms with Crippen LogP contribution in [-0.4, -0.2) is 30.5 Å². The normalized spacial score (nSPS) is 13.2. The van der Waals surface area contributed by atoms with Gasteiger partial charge in [-0.2, -0.15) is 0 Å². The van der Waals surface area contributed by atoms with Gasteiger partial charge in [-0.05, 0) is 19.0 Å². The lowest BCUT2D eigenvalue weighted by Gasteiger charge is -2.14. The second kappa shape index (κ2) is 11.4. The molecule has 142 valence electrons. The molecule has 2 aromatic rings. The van der Waals surface area contributed by atoms with E-state index in [1.807, 2.05) is 24.3 Å². The van der Waals surface area contributed by atoms with Gasteiger partial charge in [0.2, 0.25) is 5.91 Å². The lowest BCUT2D eigenvalue weighted by Crippen LogP contribution is -2.29. The van der Waals surface area contributed by atoms with E-state index < -0.39 is 0 Å². The van der Waals surface area contributed by atoms with Gasteiger partial charge in [0, 0.05) is 36.0 Å². The maximum atomic E-state index is 12.0. The largest absolute Gasteiger partial charge is 0.441 e. The number of amides is 1. The third-order valence-corrected chi connectivity index (χ3v) is 4.62. The number of oxazole rings is 1. The lowest BCUT2D eigenvalue weighted by molar-refractivity contribution is -0.120. The van der Waals surface area contributed by atoms with Crippen molar-refractivity contribution in [2.45, 2.75) is 19.3 Å². The Kier molecular flexibility index (Phi) is 9.94. The van der Waals surface area contributed by atoms with E-state index in [9.17, 15) is 4.79 Å². The van der Waals surface area contributed by atoms with Crippen LogP contribution in [0.25, 0.3) is 11.3 Å². The van der Waals surface area contributed by atoms with E-state index in [2.05, 4.69) is 37.6 Å². The Morgan fingerprint density at radius 3 is 2.85 bits per heavy atom. The third kappa shape index (κ3) is 6.43. The van der Waals surface area contributed by atoms with E-state index in [0.29, 0.717) is 31.0 Å². The standard InChI is InChI=1S/C18H20BrN3O2.2ClH/c19-15-4-2-1-3-14(15)16-12-22-18(24-16)6-5-17(23)21-11-13-7-9-20-10-8-13;;/h1-4,7,12,20H,5-6,8-11H2,(H,21,23);2*1H. The summed E-state index contributed by atoms with van der Waals surface area (Å²) in [7, 11) is 0. The number of hydrogen-bond donors (Lipinski definition) is 2. The first kappa shape index (κ1) is 22.7. The van der Waals surface area contributed by atoms with Crippen LogP contribution in [0.5, 0.6) is 0 Å². The molecule has 2 N–H and O–H groups in total. The molecule has 0 aliphatic carbocycles. The Morgan fingerprint density at radius 2 is 2.12 bits per heavy atom. The quantitative estimate of drug-likeness (QED) is 0.638. The molecular formula is C18H22BrCl2N3O2. The van der Waals surface area contributed by atoms with Gasteiger partial charge >= 0.3 is 0 Å². The number of aromatic nitrogens is 1. The van der Waals surface area contributed by atoms with Crippen molar-refractivity contribution in [3.63, 3.8) is 0 Å². The van der Waals surface area contributed by atoms with Gasteiger partial charge < -0.3 is 15.1 Å². The molecule has 0 bridgehead atoms. The SMILES string of the molecule is Cl.Cl.O=C(CCc1ncc(-c2ccccc2Br)o1)NCC1=CCNCC1. The van der Waals surface area contributed by atoms with E-state index in [1.54, 1.807) is 6.20 Å². The second-order valence-corrected chi connectivity index (χ2v) is 6.55. The zero-order valence-corrected chi connectivity index (χ0v) is 17.4. The Labute approximate surface area is 174 Å². The van der Waals surface area contributed by atoms with Gasteiger partial charge in [0.1, 0.15) is 0 Å². The number of nitrogens with one attached hydrogen (secondary N) is 2. The summed E-state index contributed by atoms with van der Waals surface area (Å²) in [6.45, 7) is 2.50. The van der Waals surface area contributed by atoms with Gasteiger partial charge in [0.05, 0.1) is 6.20 Å². The molecule has 0 saturated carbocycles. The Bertz CT molecular complexity index is 750. The van der Waals surface area contributed by atoms with Gasteiger partial charge in [0.15, 0.2) is 11.7 Å². The summed E-state index contributed by atoms with van der Waals surface area (Å²) in [6, 6.07) is 7.83. The van der Waals surface area contributed by atoms with Crippen LogP contribution in [0, 0.1) is 0 Å². The van der Waals surface area contributed by atoms with Crippen molar-refractivity contribution in [3.8, 4) is 11.3 Å². The predicted molar refractivity (Wildman–Crippen MR) is 111 cm³/mol. The van der Waals surface area contributed by atoms with Crippen LogP contribution in [0.3, 0.4) is 0 Å². The molecule has 0 saturated heterocycles. The number of carbonyl (C=O) groups is 1. The first-order valence-corrected chi connectivity index (χ1v) is 8.86. The molecule has 0 spiro atoms. The summed E-state index contributed by atoms with van der Waals surface area (Å²) in [4.78, 5) is 16.2. The fraction of sp³-hybridized carbons (Fsp3) is 0.333. The molecule has 2 heterocycles. The van der Waals surface area contributed by atoms with Crippen molar-refractivity contribution in [3.05, 3.63) is 52.5 Å². The first-order chi connectivity index (χ1) is 11.7. The Morgan fingerprint density at radius 1 is 1.31 bits per heavy atom. The van der Waals surface area contributed by atoms with Crippen LogP contribution in [0.1, 0.15) is 18.7 Å². The topological polar surface area (TPSA) is 67.2 Å². The van der Waals surface area contributed by atoms with E-state index in [4.69, 9.17) is 4.42 Å². The molecule has 1 aliphatic rings. The smallest absolute Gasteiger partial charge is 0.220 e. The van der Waals surface area contributed by atoms with Gasteiger partial charge in [-0.1, -0.05) is 45.8 Å². The predicted octanol–water partition coefficient (Wildman–Crippen LogP) is 3.92. The molecule has 0 radical (unpaired) electrons. The number of nitrogens with zero attached hydrogens (tertiary/aromatic N) is 1. The summed E-state index contributed by atoms with van der Waals surface area (Å²) in [5, 5.41) is 6.21. The molecule has 8 heteroatoms. The molecule has 1 aliphatic heterocycles. The van der Waals surface area contributed by atoms with E-state index >= 15 is 0 Å². The van der Waals surface area contributed by atoms with E-state index in [-0.39, 0.29) is 30.7 Å². The minimum absolute atomic E-state index is 0. The number of benzene rings is 1. The van der Waals surface area contributed by atoms with Gasteiger partial charge in [-0.15, -0.1) is 24.8 Å². The van der Waals surface area contributed by atoms with E-state index in [0.717, 1.165) is 29.5 Å². The van der Waals surface area contributed by atoms with Gasteiger partial charge in [0.25, 0.3) is 0 Å². The van der Waals surface area contributed by atoms with Crippen LogP contribution in [-0.2, 0) is 11.2 Å². The molecule has 0 atom stereocenters. The zero-order valence-electron chi connectivity index (χ0n) is 14.2. The Hall–Kier alpha value is -1.34. The Balaban J connectivity index is 0.00000169. The van der Waals surface area contributed by atoms with Crippen molar-refractivity contribution >= 4 is 46.7 Å². The van der Waals surface area contributed by atoms with Crippen LogP contribution in [0.2, 0.25) is 0 Å². The molecule has 5 nitrogen and oxygen atoms in total. The van der Waals surface area contributed by atoms with Crippen molar-refractivity contribution in [2.24, 2.45) is 0 Å². The highest BCUT2D eigenvalue weighted by Gasteiger charge is 2.11.